The van der Waals surface area contributed by atoms with Crippen molar-refractivity contribution in [2.45, 2.75) is 132 Å². The van der Waals surface area contributed by atoms with Gasteiger partial charge in [-0.05, 0) is 68.9 Å². The predicted octanol–water partition coefficient (Wildman–Crippen LogP) is 17.4. The summed E-state index contributed by atoms with van der Waals surface area (Å²) < 4.78 is 0. The van der Waals surface area contributed by atoms with Crippen LogP contribution in [0.15, 0.2) is 127 Å². The van der Waals surface area contributed by atoms with Gasteiger partial charge in [0.2, 0.25) is 0 Å². The maximum atomic E-state index is 4.93. The first-order valence-corrected chi connectivity index (χ1v) is 30.6. The van der Waals surface area contributed by atoms with Gasteiger partial charge in [-0.15, -0.1) is 74.6 Å². The molecule has 0 unspecified atom stereocenters. The molecule has 8 aromatic rings. The van der Waals surface area contributed by atoms with Gasteiger partial charge in [0.25, 0.3) is 0 Å². The second-order valence-corrected chi connectivity index (χ2v) is 27.4. The number of halogens is 2. The second kappa shape index (κ2) is 20.4. The molecule has 0 amide bonds. The van der Waals surface area contributed by atoms with Crippen molar-refractivity contribution in [2.24, 2.45) is 0 Å². The number of aryl methyl sites for hydroxylation is 4. The van der Waals surface area contributed by atoms with Gasteiger partial charge in [-0.25, -0.2) is 0 Å². The summed E-state index contributed by atoms with van der Waals surface area (Å²) >= 11 is -0.826. The van der Waals surface area contributed by atoms with E-state index in [-0.39, 0.29) is 21.7 Å². The van der Waals surface area contributed by atoms with Crippen LogP contribution in [0.4, 0.5) is 0 Å². The molecule has 2 radical (unpaired) electrons. The van der Waals surface area contributed by atoms with Gasteiger partial charge in [-0.2, -0.15) is 41.6 Å². The Balaban J connectivity index is 0.000000166. The van der Waals surface area contributed by atoms with Gasteiger partial charge in [0.1, 0.15) is 0 Å². The Morgan fingerprint density at radius 2 is 0.848 bits per heavy atom. The molecule has 0 nitrogen and oxygen atoms in total. The van der Waals surface area contributed by atoms with Gasteiger partial charge >= 0.3 is 37.9 Å². The third-order valence-electron chi connectivity index (χ3n) is 12.7. The average Bonchev–Trinajstić information content (AvgIpc) is 3.93. The fourth-order valence-electron chi connectivity index (χ4n) is 8.85. The monoisotopic (exact) mass is 1000 g/mol. The smallest absolute Gasteiger partial charge is 0.0920 e. The molecule has 8 aromatic carbocycles. The molecule has 0 aromatic heterocycles. The first kappa shape index (κ1) is 51.6. The van der Waals surface area contributed by atoms with Crippen LogP contribution in [0.25, 0.3) is 54.9 Å². The van der Waals surface area contributed by atoms with E-state index in [2.05, 4.69) is 238 Å². The van der Waals surface area contributed by atoms with E-state index in [4.69, 9.17) is 17.0 Å². The molecule has 0 saturated carbocycles. The van der Waals surface area contributed by atoms with Gasteiger partial charge < -0.3 is 0 Å². The molecule has 0 saturated heterocycles. The van der Waals surface area contributed by atoms with E-state index in [0.29, 0.717) is 0 Å². The quantitative estimate of drug-likeness (QED) is 0.120. The van der Waals surface area contributed by atoms with E-state index in [1.54, 1.807) is 0 Å². The van der Waals surface area contributed by atoms with E-state index in [1.807, 2.05) is 6.07 Å². The third-order valence-corrected chi connectivity index (χ3v) is 14.1. The summed E-state index contributed by atoms with van der Waals surface area (Å²) in [6, 6.07) is 50.8. The SMILES string of the molecule is Cc1cc2c(-c3cc(C(C)(C)C)cc(C(C)(C)C)c3)c(C)ccc2[cH-]1.Cc1cc2c(-c3cc(C(C)(C)C)cc(C(C)(C)C)c3)c(C)ccc2[cH-]1.[Cl][Zr][Cl].[c-]1cccc2c1[Si]c1ccccc1-2. The van der Waals surface area contributed by atoms with Gasteiger partial charge in [-0.3, -0.25) is 0 Å². The molecular formula is C62H69Cl2SiZr-3. The van der Waals surface area contributed by atoms with Crippen LogP contribution >= 0.6 is 17.0 Å². The maximum absolute atomic E-state index is 4.93. The van der Waals surface area contributed by atoms with Crippen molar-refractivity contribution in [1.82, 2.24) is 0 Å². The van der Waals surface area contributed by atoms with Crippen LogP contribution in [-0.2, 0) is 42.5 Å². The van der Waals surface area contributed by atoms with Crippen LogP contribution in [-0.4, -0.2) is 9.52 Å². The van der Waals surface area contributed by atoms with Crippen molar-refractivity contribution in [2.75, 3.05) is 0 Å². The van der Waals surface area contributed by atoms with E-state index >= 15 is 0 Å². The molecular weight excluding hydrogens is 935 g/mol. The van der Waals surface area contributed by atoms with Crippen LogP contribution in [0, 0.1) is 33.8 Å². The maximum Gasteiger partial charge on any atom is 0.0920 e. The topological polar surface area (TPSA) is 0 Å². The molecule has 0 aliphatic carbocycles. The Bertz CT molecular complexity index is 2700. The summed E-state index contributed by atoms with van der Waals surface area (Å²) in [4.78, 5) is 0. The Morgan fingerprint density at radius 3 is 1.24 bits per heavy atom. The van der Waals surface area contributed by atoms with E-state index in [9.17, 15) is 0 Å². The van der Waals surface area contributed by atoms with Gasteiger partial charge in [0, 0.05) is 0 Å². The van der Waals surface area contributed by atoms with E-state index in [0.717, 1.165) is 9.52 Å². The fourth-order valence-corrected chi connectivity index (χ4v) is 10.2. The number of benzene rings is 6. The predicted molar refractivity (Wildman–Crippen MR) is 291 cm³/mol. The number of hydrogen-bond donors (Lipinski definition) is 0. The Labute approximate surface area is 419 Å². The first-order valence-electron chi connectivity index (χ1n) is 23.3. The second-order valence-electron chi connectivity index (χ2n) is 22.4. The Morgan fingerprint density at radius 1 is 0.470 bits per heavy atom. The molecule has 1 aliphatic heterocycles. The number of rotatable bonds is 2. The summed E-state index contributed by atoms with van der Waals surface area (Å²) in [6.07, 6.45) is 0. The molecule has 0 N–H and O–H groups in total. The van der Waals surface area contributed by atoms with Gasteiger partial charge in [0.15, 0.2) is 0 Å². The van der Waals surface area contributed by atoms with Gasteiger partial charge in [-0.1, -0.05) is 191 Å². The zero-order valence-electron chi connectivity index (χ0n) is 42.4. The summed E-state index contributed by atoms with van der Waals surface area (Å²) in [6.45, 7) is 36.5. The zero-order valence-corrected chi connectivity index (χ0v) is 47.4. The molecule has 0 atom stereocenters. The van der Waals surface area contributed by atoms with Crippen LogP contribution in [0.2, 0.25) is 0 Å². The van der Waals surface area contributed by atoms with Crippen molar-refractivity contribution in [1.29, 1.82) is 0 Å². The van der Waals surface area contributed by atoms with Crippen molar-refractivity contribution >= 4 is 58.5 Å². The molecule has 9 rings (SSSR count). The minimum absolute atomic E-state index is 0.139. The van der Waals surface area contributed by atoms with Crippen molar-refractivity contribution < 1.29 is 20.8 Å². The first-order chi connectivity index (χ1) is 30.8. The van der Waals surface area contributed by atoms with Crippen LogP contribution in [0.1, 0.15) is 128 Å². The van der Waals surface area contributed by atoms with E-state index in [1.165, 1.54) is 110 Å². The van der Waals surface area contributed by atoms with E-state index < -0.39 is 20.8 Å². The molecule has 0 fully saturated rings. The van der Waals surface area contributed by atoms with Crippen LogP contribution in [0.3, 0.4) is 0 Å². The summed E-state index contributed by atoms with van der Waals surface area (Å²) in [5.41, 5.74) is 19.8. The van der Waals surface area contributed by atoms with Crippen molar-refractivity contribution in [3.63, 3.8) is 0 Å². The summed E-state index contributed by atoms with van der Waals surface area (Å²) in [7, 11) is 10.7. The molecule has 4 heteroatoms. The number of hydrogen-bond acceptors (Lipinski definition) is 0. The summed E-state index contributed by atoms with van der Waals surface area (Å²) in [5, 5.41) is 8.27. The van der Waals surface area contributed by atoms with Gasteiger partial charge in [0.05, 0.1) is 9.52 Å². The Hall–Kier alpha value is -3.78. The molecule has 342 valence electrons. The largest absolute Gasteiger partial charge is 0.184 e. The molecule has 0 bridgehead atoms. The minimum atomic E-state index is -0.826. The van der Waals surface area contributed by atoms with Crippen LogP contribution in [0.5, 0.6) is 0 Å². The normalized spacial score (nSPS) is 12.3. The molecule has 1 heterocycles. The average molecular weight is 1000 g/mol. The minimum Gasteiger partial charge on any atom is -0.184 e. The Kier molecular flexibility index (Phi) is 16.0. The van der Waals surface area contributed by atoms with Crippen molar-refractivity contribution in [3.05, 3.63) is 178 Å². The fraction of sp³-hybridized carbons (Fsp3) is 0.323. The van der Waals surface area contributed by atoms with Crippen LogP contribution < -0.4 is 10.4 Å². The third kappa shape index (κ3) is 12.1. The van der Waals surface area contributed by atoms with Crippen molar-refractivity contribution in [3.8, 4) is 33.4 Å². The summed E-state index contributed by atoms with van der Waals surface area (Å²) in [5.74, 6) is 0. The number of fused-ring (bicyclic) bond motifs is 5. The molecule has 66 heavy (non-hydrogen) atoms. The molecule has 1 aliphatic rings. The zero-order chi connectivity index (χ0) is 48.5. The standard InChI is InChI=1S/2C25H31.C12H7Si.2ClH.Zr/c2*1-16-11-18-10-9-17(2)23(22(18)12-16)19-13-20(24(3,4)5)15-21(14-19)25(6,7)8;1-3-7-11-9(5-1)10-6-2-4-8-12(10)13-11;;;/h2*9-15H,1-8H3;1-7H;2*1H;/q3*-1;;;+2/p-2. The molecule has 0 spiro atoms.